The molecule has 0 aromatic heterocycles. The molecule has 3 aliphatic rings. The topological polar surface area (TPSA) is 64.2 Å². The van der Waals surface area contributed by atoms with Gasteiger partial charge in [0.15, 0.2) is 0 Å². The number of urea groups is 1. The first kappa shape index (κ1) is 20.8. The van der Waals surface area contributed by atoms with E-state index in [9.17, 15) is 14.4 Å². The number of hydrogen-bond acceptors (Lipinski definition) is 4. The normalized spacial score (nSPS) is 22.3. The predicted molar refractivity (Wildman–Crippen MR) is 114 cm³/mol. The highest BCUT2D eigenvalue weighted by Crippen LogP contribution is 2.39. The van der Waals surface area contributed by atoms with Gasteiger partial charge in [0.25, 0.3) is 5.91 Å². The van der Waals surface area contributed by atoms with Crippen molar-refractivity contribution in [2.24, 2.45) is 0 Å². The molecule has 0 bridgehead atoms. The van der Waals surface area contributed by atoms with Crippen molar-refractivity contribution in [2.75, 3.05) is 39.8 Å². The van der Waals surface area contributed by atoms with Gasteiger partial charge in [-0.2, -0.15) is 0 Å². The summed E-state index contributed by atoms with van der Waals surface area (Å²) in [6.45, 7) is 5.68. The zero-order valence-electron chi connectivity index (χ0n) is 18.1. The molecule has 1 saturated carbocycles. The van der Waals surface area contributed by atoms with Gasteiger partial charge in [-0.3, -0.25) is 19.4 Å². The van der Waals surface area contributed by atoms with E-state index in [0.717, 1.165) is 38.9 Å². The van der Waals surface area contributed by atoms with Gasteiger partial charge < -0.3 is 9.80 Å². The molecule has 2 heterocycles. The van der Waals surface area contributed by atoms with Crippen LogP contribution in [-0.4, -0.2) is 82.8 Å². The molecular weight excluding hydrogens is 380 g/mol. The number of carbonyl (C=O) groups is 3. The molecule has 1 spiro atoms. The molecule has 0 radical (unpaired) electrons. The molecule has 0 atom stereocenters. The summed E-state index contributed by atoms with van der Waals surface area (Å²) >= 11 is 0. The van der Waals surface area contributed by atoms with Gasteiger partial charge in [0.05, 0.1) is 0 Å². The highest BCUT2D eigenvalue weighted by Gasteiger charge is 2.56. The molecule has 4 amide bonds. The quantitative estimate of drug-likeness (QED) is 0.712. The maximum atomic E-state index is 13.1. The second-order valence-corrected chi connectivity index (χ2v) is 8.97. The van der Waals surface area contributed by atoms with Gasteiger partial charge in [-0.25, -0.2) is 4.79 Å². The zero-order chi connectivity index (χ0) is 21.3. The monoisotopic (exact) mass is 412 g/mol. The van der Waals surface area contributed by atoms with Crippen LogP contribution in [-0.2, 0) is 16.1 Å². The van der Waals surface area contributed by atoms with Crippen LogP contribution in [0.4, 0.5) is 4.79 Å². The van der Waals surface area contributed by atoms with Crippen LogP contribution >= 0.6 is 0 Å². The van der Waals surface area contributed by atoms with Crippen molar-refractivity contribution in [2.45, 2.75) is 51.1 Å². The van der Waals surface area contributed by atoms with E-state index < -0.39 is 5.54 Å². The van der Waals surface area contributed by atoms with E-state index in [2.05, 4.69) is 36.1 Å². The molecule has 1 aromatic rings. The largest absolute Gasteiger partial charge is 0.339 e. The van der Waals surface area contributed by atoms with Crippen LogP contribution in [0.15, 0.2) is 24.3 Å². The van der Waals surface area contributed by atoms with Gasteiger partial charge in [-0.1, -0.05) is 49.1 Å². The van der Waals surface area contributed by atoms with E-state index in [-0.39, 0.29) is 24.4 Å². The van der Waals surface area contributed by atoms with Gasteiger partial charge in [-0.05, 0) is 25.3 Å². The second-order valence-electron chi connectivity index (χ2n) is 8.97. The number of likely N-dealkylation sites (N-methyl/N-ethyl adjacent to an activating group) is 1. The minimum Gasteiger partial charge on any atom is -0.339 e. The molecule has 1 aliphatic carbocycles. The number of imide groups is 1. The third-order valence-corrected chi connectivity index (χ3v) is 6.99. The van der Waals surface area contributed by atoms with E-state index in [1.807, 2.05) is 0 Å². The van der Waals surface area contributed by atoms with Crippen LogP contribution in [0.3, 0.4) is 0 Å². The minimum absolute atomic E-state index is 0.131. The molecule has 162 valence electrons. The molecule has 7 heteroatoms. The Morgan fingerprint density at radius 1 is 1.03 bits per heavy atom. The van der Waals surface area contributed by atoms with Crippen molar-refractivity contribution in [1.29, 1.82) is 0 Å². The predicted octanol–water partition coefficient (Wildman–Crippen LogP) is 2.24. The summed E-state index contributed by atoms with van der Waals surface area (Å²) in [4.78, 5) is 45.6. The first-order valence-corrected chi connectivity index (χ1v) is 11.1. The van der Waals surface area contributed by atoms with Crippen LogP contribution < -0.4 is 0 Å². The molecule has 3 fully saturated rings. The van der Waals surface area contributed by atoms with Crippen molar-refractivity contribution >= 4 is 17.8 Å². The van der Waals surface area contributed by atoms with E-state index in [1.165, 1.54) is 16.0 Å². The molecule has 0 unspecified atom stereocenters. The summed E-state index contributed by atoms with van der Waals surface area (Å²) in [6.07, 6.45) is 4.41. The Kier molecular flexibility index (Phi) is 5.82. The van der Waals surface area contributed by atoms with Crippen LogP contribution in [0, 0.1) is 6.92 Å². The van der Waals surface area contributed by atoms with Crippen molar-refractivity contribution in [3.63, 3.8) is 0 Å². The lowest BCUT2D eigenvalue weighted by Crippen LogP contribution is -2.52. The smallest absolute Gasteiger partial charge is 0.327 e. The third-order valence-electron chi connectivity index (χ3n) is 6.99. The van der Waals surface area contributed by atoms with Gasteiger partial charge in [0.2, 0.25) is 5.91 Å². The Morgan fingerprint density at radius 2 is 1.73 bits per heavy atom. The standard InChI is InChI=1S/C23H32N4O3/c1-18-7-6-8-19(15-18)16-25-11-13-26(14-12-25)20(28)17-27-21(29)23(24(2)22(27)30)9-4-3-5-10-23/h6-8,15H,3-5,9-14,16-17H2,1-2H3. The summed E-state index contributed by atoms with van der Waals surface area (Å²) in [5.41, 5.74) is 1.81. The summed E-state index contributed by atoms with van der Waals surface area (Å²) in [6, 6.07) is 8.17. The number of benzene rings is 1. The average Bonchev–Trinajstić information content (AvgIpc) is 2.91. The number of aryl methyl sites for hydroxylation is 1. The van der Waals surface area contributed by atoms with Crippen molar-refractivity contribution in [3.05, 3.63) is 35.4 Å². The Labute approximate surface area is 178 Å². The number of carbonyl (C=O) groups excluding carboxylic acids is 3. The number of amides is 4. The Hall–Kier alpha value is -2.41. The molecule has 30 heavy (non-hydrogen) atoms. The van der Waals surface area contributed by atoms with Crippen LogP contribution in [0.2, 0.25) is 0 Å². The molecule has 4 rings (SSSR count). The summed E-state index contributed by atoms with van der Waals surface area (Å²) < 4.78 is 0. The van der Waals surface area contributed by atoms with Gasteiger partial charge >= 0.3 is 6.03 Å². The Bertz CT molecular complexity index is 825. The molecule has 2 saturated heterocycles. The van der Waals surface area contributed by atoms with Crippen LogP contribution in [0.25, 0.3) is 0 Å². The fourth-order valence-corrected chi connectivity index (χ4v) is 5.13. The van der Waals surface area contributed by atoms with Crippen molar-refractivity contribution in [1.82, 2.24) is 19.6 Å². The zero-order valence-corrected chi connectivity index (χ0v) is 18.1. The fraction of sp³-hybridized carbons (Fsp3) is 0.609. The van der Waals surface area contributed by atoms with E-state index >= 15 is 0 Å². The van der Waals surface area contributed by atoms with Crippen molar-refractivity contribution < 1.29 is 14.4 Å². The maximum absolute atomic E-state index is 13.1. The average molecular weight is 413 g/mol. The van der Waals surface area contributed by atoms with Crippen LogP contribution in [0.5, 0.6) is 0 Å². The van der Waals surface area contributed by atoms with Gasteiger partial charge in [0, 0.05) is 39.8 Å². The maximum Gasteiger partial charge on any atom is 0.327 e. The van der Waals surface area contributed by atoms with E-state index in [0.29, 0.717) is 25.9 Å². The summed E-state index contributed by atoms with van der Waals surface area (Å²) in [7, 11) is 1.71. The lowest BCUT2D eigenvalue weighted by Gasteiger charge is -2.36. The molecule has 0 N–H and O–H groups in total. The van der Waals surface area contributed by atoms with Gasteiger partial charge in [-0.15, -0.1) is 0 Å². The van der Waals surface area contributed by atoms with E-state index in [4.69, 9.17) is 0 Å². The lowest BCUT2D eigenvalue weighted by molar-refractivity contribution is -0.141. The number of hydrogen-bond donors (Lipinski definition) is 0. The van der Waals surface area contributed by atoms with E-state index in [1.54, 1.807) is 16.8 Å². The highest BCUT2D eigenvalue weighted by molar-refractivity contribution is 6.08. The minimum atomic E-state index is -0.720. The summed E-state index contributed by atoms with van der Waals surface area (Å²) in [5, 5.41) is 0. The summed E-state index contributed by atoms with van der Waals surface area (Å²) in [5.74, 6) is -0.311. The van der Waals surface area contributed by atoms with Crippen molar-refractivity contribution in [3.8, 4) is 0 Å². The number of nitrogens with zero attached hydrogens (tertiary/aromatic N) is 4. The molecular formula is C23H32N4O3. The second kappa shape index (κ2) is 8.38. The molecule has 2 aliphatic heterocycles. The number of rotatable bonds is 4. The fourth-order valence-electron chi connectivity index (χ4n) is 5.13. The Morgan fingerprint density at radius 3 is 2.40 bits per heavy atom. The highest BCUT2D eigenvalue weighted by atomic mass is 16.2. The SMILES string of the molecule is Cc1cccc(CN2CCN(C(=O)CN3C(=O)N(C)C4(CCCCC4)C3=O)CC2)c1. The third kappa shape index (κ3) is 3.83. The molecule has 7 nitrogen and oxygen atoms in total. The first-order valence-electron chi connectivity index (χ1n) is 11.1. The lowest BCUT2D eigenvalue weighted by atomic mass is 9.81. The Balaban J connectivity index is 1.32. The first-order chi connectivity index (χ1) is 14.4. The molecule has 1 aromatic carbocycles. The number of piperazine rings is 1. The van der Waals surface area contributed by atoms with Gasteiger partial charge in [0.1, 0.15) is 12.1 Å². The van der Waals surface area contributed by atoms with Crippen LogP contribution in [0.1, 0.15) is 43.2 Å².